The van der Waals surface area contributed by atoms with Gasteiger partial charge in [-0.1, -0.05) is 0 Å². The van der Waals surface area contributed by atoms with E-state index in [1.807, 2.05) is 0 Å². The highest BCUT2D eigenvalue weighted by atomic mass is 35.5. The minimum atomic E-state index is -2.79. The van der Waals surface area contributed by atoms with Crippen LogP contribution in [0.1, 0.15) is 33.7 Å². The molecule has 0 spiro atoms. The largest absolute Gasteiger partial charge is 0.298 e. The number of aromatic nitrogens is 1. The van der Waals surface area contributed by atoms with Gasteiger partial charge >= 0.3 is 0 Å². The number of hydrogen-bond acceptors (Lipinski definition) is 3. The summed E-state index contributed by atoms with van der Waals surface area (Å²) in [5, 5.41) is 8.70. The van der Waals surface area contributed by atoms with E-state index < -0.39 is 12.1 Å². The second-order valence-electron chi connectivity index (χ2n) is 2.62. The molecule has 3 nitrogen and oxygen atoms in total. The van der Waals surface area contributed by atoms with Crippen LogP contribution in [0.15, 0.2) is 6.07 Å². The summed E-state index contributed by atoms with van der Waals surface area (Å²) >= 11 is 5.44. The van der Waals surface area contributed by atoms with Gasteiger partial charge in [0.05, 0.1) is 17.1 Å². The fraction of sp³-hybridized carbons (Fsp3) is 0.222. The Kier molecular flexibility index (Phi) is 3.69. The molecule has 0 aliphatic heterocycles. The summed E-state index contributed by atoms with van der Waals surface area (Å²) in [4.78, 5) is 14.1. The number of nitrogens with zero attached hydrogens (tertiary/aromatic N) is 2. The molecule has 0 amide bonds. The van der Waals surface area contributed by atoms with Gasteiger partial charge in [-0.2, -0.15) is 5.26 Å². The maximum Gasteiger partial charge on any atom is 0.280 e. The Morgan fingerprint density at radius 3 is 2.73 bits per heavy atom. The molecule has 1 aromatic heterocycles. The van der Waals surface area contributed by atoms with E-state index in [1.54, 1.807) is 6.07 Å². The Balaban J connectivity index is 3.44. The van der Waals surface area contributed by atoms with Crippen molar-refractivity contribution in [2.45, 2.75) is 12.3 Å². The van der Waals surface area contributed by atoms with Crippen molar-refractivity contribution in [2.75, 3.05) is 0 Å². The molecule has 0 saturated carbocycles. The lowest BCUT2D eigenvalue weighted by atomic mass is 10.1. The molecule has 0 unspecified atom stereocenters. The first kappa shape index (κ1) is 11.5. The van der Waals surface area contributed by atoms with Gasteiger partial charge < -0.3 is 0 Å². The fourth-order valence-electron chi connectivity index (χ4n) is 1.07. The summed E-state index contributed by atoms with van der Waals surface area (Å²) in [6.45, 7) is 0. The van der Waals surface area contributed by atoms with Crippen molar-refractivity contribution in [3.05, 3.63) is 28.6 Å². The van der Waals surface area contributed by atoms with Crippen molar-refractivity contribution < 1.29 is 13.6 Å². The maximum absolute atomic E-state index is 12.3. The first-order valence-electron chi connectivity index (χ1n) is 3.87. The van der Waals surface area contributed by atoms with Crippen molar-refractivity contribution >= 4 is 17.9 Å². The van der Waals surface area contributed by atoms with Gasteiger partial charge in [-0.3, -0.25) is 4.79 Å². The Morgan fingerprint density at radius 1 is 1.67 bits per heavy atom. The minimum absolute atomic E-state index is 0.000864. The number of aldehydes is 1. The van der Waals surface area contributed by atoms with E-state index in [0.29, 0.717) is 6.29 Å². The van der Waals surface area contributed by atoms with Gasteiger partial charge in [-0.15, -0.1) is 11.6 Å². The van der Waals surface area contributed by atoms with Crippen LogP contribution >= 0.6 is 11.6 Å². The molecule has 0 aromatic carbocycles. The normalized spacial score (nSPS) is 10.1. The lowest BCUT2D eigenvalue weighted by Gasteiger charge is -2.05. The number of alkyl halides is 3. The summed E-state index contributed by atoms with van der Waals surface area (Å²) in [5.41, 5.74) is -0.714. The van der Waals surface area contributed by atoms with Gasteiger partial charge in [-0.25, -0.2) is 13.8 Å². The lowest BCUT2D eigenvalue weighted by Crippen LogP contribution is -2.02. The molecule has 0 radical (unpaired) electrons. The molecule has 15 heavy (non-hydrogen) atoms. The van der Waals surface area contributed by atoms with E-state index in [-0.39, 0.29) is 22.7 Å². The first-order chi connectivity index (χ1) is 7.13. The minimum Gasteiger partial charge on any atom is -0.298 e. The Hall–Kier alpha value is -1.54. The summed E-state index contributed by atoms with van der Waals surface area (Å²) in [5.74, 6) is -0.190. The van der Waals surface area contributed by atoms with E-state index in [2.05, 4.69) is 4.98 Å². The van der Waals surface area contributed by atoms with Gasteiger partial charge in [0.25, 0.3) is 6.43 Å². The average Bonchev–Trinajstić information content (AvgIpc) is 2.26. The smallest absolute Gasteiger partial charge is 0.280 e. The zero-order valence-corrected chi connectivity index (χ0v) is 8.13. The number of carbonyl (C=O) groups excluding carboxylic acids is 1. The van der Waals surface area contributed by atoms with Crippen LogP contribution in [0.5, 0.6) is 0 Å². The Bertz CT molecular complexity index is 429. The van der Waals surface area contributed by atoms with Gasteiger partial charge in [0, 0.05) is 5.56 Å². The van der Waals surface area contributed by atoms with Crippen molar-refractivity contribution in [1.29, 1.82) is 5.26 Å². The molecular weight excluding hydrogens is 226 g/mol. The van der Waals surface area contributed by atoms with Gasteiger partial charge in [-0.05, 0) is 6.07 Å². The van der Waals surface area contributed by atoms with Crippen LogP contribution < -0.4 is 0 Å². The number of nitriles is 1. The van der Waals surface area contributed by atoms with Crippen LogP contribution in [0, 0.1) is 11.3 Å². The predicted molar refractivity (Wildman–Crippen MR) is 48.9 cm³/mol. The maximum atomic E-state index is 12.3. The van der Waals surface area contributed by atoms with Crippen LogP contribution in [-0.2, 0) is 5.88 Å². The predicted octanol–water partition coefficient (Wildman–Crippen LogP) is 2.44. The zero-order valence-electron chi connectivity index (χ0n) is 7.38. The molecule has 0 saturated heterocycles. The molecule has 0 aliphatic rings. The first-order valence-corrected chi connectivity index (χ1v) is 4.40. The quantitative estimate of drug-likeness (QED) is 0.592. The van der Waals surface area contributed by atoms with Crippen molar-refractivity contribution in [1.82, 2.24) is 4.98 Å². The van der Waals surface area contributed by atoms with Crippen molar-refractivity contribution in [3.8, 4) is 6.07 Å². The number of rotatable bonds is 3. The monoisotopic (exact) mass is 230 g/mol. The van der Waals surface area contributed by atoms with Crippen LogP contribution in [0.3, 0.4) is 0 Å². The highest BCUT2D eigenvalue weighted by Crippen LogP contribution is 2.21. The molecule has 6 heteroatoms. The van der Waals surface area contributed by atoms with E-state index in [1.165, 1.54) is 0 Å². The molecular formula is C9H5ClF2N2O. The number of carbonyl (C=O) groups is 1. The molecule has 0 bridgehead atoms. The van der Waals surface area contributed by atoms with E-state index >= 15 is 0 Å². The van der Waals surface area contributed by atoms with E-state index in [0.717, 1.165) is 6.07 Å². The molecule has 0 fully saturated rings. The molecule has 0 N–H and O–H groups in total. The number of halogens is 3. The molecule has 0 aliphatic carbocycles. The standard InChI is InChI=1S/C9H5ClF2N2O/c10-2-8-6(3-13)5(4-15)1-7(14-8)9(11)12/h1,4,9H,2H2. The third kappa shape index (κ3) is 2.28. The third-order valence-corrected chi connectivity index (χ3v) is 1.99. The number of hydrogen-bond donors (Lipinski definition) is 0. The lowest BCUT2D eigenvalue weighted by molar-refractivity contribution is 0.112. The van der Waals surface area contributed by atoms with Gasteiger partial charge in [0.1, 0.15) is 11.8 Å². The highest BCUT2D eigenvalue weighted by molar-refractivity contribution is 6.17. The summed E-state index contributed by atoms with van der Waals surface area (Å²) in [6.07, 6.45) is -2.46. The second-order valence-corrected chi connectivity index (χ2v) is 2.89. The molecule has 78 valence electrons. The van der Waals surface area contributed by atoms with Crippen LogP contribution in [0.2, 0.25) is 0 Å². The van der Waals surface area contributed by atoms with Gasteiger partial charge in [0.2, 0.25) is 0 Å². The Morgan fingerprint density at radius 2 is 2.33 bits per heavy atom. The molecule has 1 aromatic rings. The SMILES string of the molecule is N#Cc1c(C=O)cc(C(F)F)nc1CCl. The third-order valence-electron chi connectivity index (χ3n) is 1.73. The molecule has 1 rings (SSSR count). The van der Waals surface area contributed by atoms with Crippen molar-refractivity contribution in [2.24, 2.45) is 0 Å². The average molecular weight is 231 g/mol. The summed E-state index contributed by atoms with van der Waals surface area (Å²) in [7, 11) is 0. The van der Waals surface area contributed by atoms with E-state index in [9.17, 15) is 13.6 Å². The van der Waals surface area contributed by atoms with Crippen LogP contribution in [-0.4, -0.2) is 11.3 Å². The summed E-state index contributed by atoms with van der Waals surface area (Å²) < 4.78 is 24.7. The summed E-state index contributed by atoms with van der Waals surface area (Å²) in [6, 6.07) is 2.60. The topological polar surface area (TPSA) is 53.8 Å². The molecule has 0 atom stereocenters. The fourth-order valence-corrected chi connectivity index (χ4v) is 1.27. The number of pyridine rings is 1. The second kappa shape index (κ2) is 4.80. The Labute approximate surface area is 89.3 Å². The van der Waals surface area contributed by atoms with Crippen LogP contribution in [0.25, 0.3) is 0 Å². The molecule has 1 heterocycles. The van der Waals surface area contributed by atoms with E-state index in [4.69, 9.17) is 16.9 Å². The zero-order chi connectivity index (χ0) is 11.4. The highest BCUT2D eigenvalue weighted by Gasteiger charge is 2.16. The van der Waals surface area contributed by atoms with Crippen LogP contribution in [0.4, 0.5) is 8.78 Å². The van der Waals surface area contributed by atoms with Gasteiger partial charge in [0.15, 0.2) is 6.29 Å². The van der Waals surface area contributed by atoms with Crippen molar-refractivity contribution in [3.63, 3.8) is 0 Å².